The minimum Gasteiger partial charge on any atom is -0.486 e. The molecule has 0 fully saturated rings. The van der Waals surface area contributed by atoms with Crippen molar-refractivity contribution in [3.8, 4) is 17.0 Å². The third kappa shape index (κ3) is 5.75. The van der Waals surface area contributed by atoms with Crippen molar-refractivity contribution in [2.45, 2.75) is 32.3 Å². The highest BCUT2D eigenvalue weighted by Gasteiger charge is 2.08. The second-order valence-corrected chi connectivity index (χ2v) is 7.10. The molecule has 1 atom stereocenters. The summed E-state index contributed by atoms with van der Waals surface area (Å²) < 4.78 is 19.5. The molecule has 3 rings (SSSR count). The van der Waals surface area contributed by atoms with Crippen LogP contribution >= 0.6 is 0 Å². The molecule has 0 radical (unpaired) electrons. The van der Waals surface area contributed by atoms with Gasteiger partial charge in [-0.1, -0.05) is 36.9 Å². The number of rotatable bonds is 9. The Bertz CT molecular complexity index is 1010. The van der Waals surface area contributed by atoms with Gasteiger partial charge in [0.15, 0.2) is 11.6 Å². The van der Waals surface area contributed by atoms with Gasteiger partial charge in [-0.15, -0.1) is 0 Å². The van der Waals surface area contributed by atoms with Crippen molar-refractivity contribution in [1.29, 1.82) is 0 Å². The van der Waals surface area contributed by atoms with E-state index in [1.54, 1.807) is 18.2 Å². The molecule has 3 aromatic rings. The molecule has 2 aromatic carbocycles. The zero-order valence-corrected chi connectivity index (χ0v) is 16.6. The van der Waals surface area contributed by atoms with E-state index < -0.39 is 5.82 Å². The van der Waals surface area contributed by atoms with E-state index in [-0.39, 0.29) is 18.5 Å². The average Bonchev–Trinajstić information content (AvgIpc) is 2.72. The van der Waals surface area contributed by atoms with Crippen LogP contribution in [0.1, 0.15) is 31.7 Å². The van der Waals surface area contributed by atoms with Gasteiger partial charge in [0.2, 0.25) is 0 Å². The molecule has 0 spiro atoms. The number of aromatic nitrogens is 1. The first kappa shape index (κ1) is 20.7. The van der Waals surface area contributed by atoms with Crippen LogP contribution in [-0.4, -0.2) is 22.8 Å². The molecule has 4 heteroatoms. The molecule has 0 aliphatic carbocycles. The molecule has 0 aliphatic heterocycles. The summed E-state index contributed by atoms with van der Waals surface area (Å²) in [6.07, 6.45) is 10.1. The number of pyridine rings is 1. The zero-order valence-electron chi connectivity index (χ0n) is 16.6. The van der Waals surface area contributed by atoms with E-state index in [0.717, 1.165) is 35.6 Å². The van der Waals surface area contributed by atoms with Crippen LogP contribution in [0.2, 0.25) is 0 Å². The lowest BCUT2D eigenvalue weighted by Gasteiger charge is -2.08. The second kappa shape index (κ2) is 9.99. The third-order valence-electron chi connectivity index (χ3n) is 4.63. The molecule has 3 nitrogen and oxygen atoms in total. The highest BCUT2D eigenvalue weighted by molar-refractivity contribution is 5.87. The number of fused-ring (bicyclic) bond motifs is 1. The minimum absolute atomic E-state index is 0.208. The van der Waals surface area contributed by atoms with Crippen molar-refractivity contribution in [2.75, 3.05) is 6.61 Å². The molecule has 1 N–H and O–H groups in total. The third-order valence-corrected chi connectivity index (χ3v) is 4.63. The highest BCUT2D eigenvalue weighted by Crippen LogP contribution is 2.27. The lowest BCUT2D eigenvalue weighted by atomic mass is 10.0. The van der Waals surface area contributed by atoms with Gasteiger partial charge in [0.1, 0.15) is 6.61 Å². The Balaban J connectivity index is 1.74. The Morgan fingerprint density at radius 1 is 1.17 bits per heavy atom. The fourth-order valence-electron chi connectivity index (χ4n) is 3.10. The predicted octanol–water partition coefficient (Wildman–Crippen LogP) is 6.17. The van der Waals surface area contributed by atoms with Gasteiger partial charge in [-0.25, -0.2) is 4.39 Å². The Kier molecular flexibility index (Phi) is 7.14. The molecule has 0 amide bonds. The van der Waals surface area contributed by atoms with Crippen LogP contribution in [0.5, 0.6) is 5.75 Å². The Morgan fingerprint density at radius 3 is 2.79 bits per heavy atom. The van der Waals surface area contributed by atoms with Crippen LogP contribution in [0.15, 0.2) is 67.4 Å². The summed E-state index contributed by atoms with van der Waals surface area (Å²) in [6, 6.07) is 13.0. The first-order valence-corrected chi connectivity index (χ1v) is 9.85. The van der Waals surface area contributed by atoms with Crippen LogP contribution < -0.4 is 4.74 Å². The van der Waals surface area contributed by atoms with Gasteiger partial charge in [0.25, 0.3) is 0 Å². The average molecular weight is 391 g/mol. The number of benzene rings is 2. The molecular weight excluding hydrogens is 365 g/mol. The molecule has 1 unspecified atom stereocenters. The van der Waals surface area contributed by atoms with Gasteiger partial charge in [-0.3, -0.25) is 4.98 Å². The van der Waals surface area contributed by atoms with Crippen LogP contribution in [0.4, 0.5) is 4.39 Å². The molecule has 1 aromatic heterocycles. The first-order valence-electron chi connectivity index (χ1n) is 9.85. The van der Waals surface area contributed by atoms with Crippen LogP contribution in [-0.2, 0) is 0 Å². The number of halogens is 1. The number of aliphatic hydroxyl groups is 1. The summed E-state index contributed by atoms with van der Waals surface area (Å²) in [6.45, 7) is 5.64. The fourth-order valence-corrected chi connectivity index (χ4v) is 3.10. The molecular formula is C25H26FNO2. The normalized spacial score (nSPS) is 12.4. The van der Waals surface area contributed by atoms with Gasteiger partial charge >= 0.3 is 0 Å². The minimum atomic E-state index is -0.415. The van der Waals surface area contributed by atoms with E-state index in [1.807, 2.05) is 25.3 Å². The molecule has 1 heterocycles. The molecule has 0 aliphatic rings. The number of ether oxygens (including phenoxy) is 1. The summed E-state index contributed by atoms with van der Waals surface area (Å²) in [5.74, 6) is -0.207. The second-order valence-electron chi connectivity index (χ2n) is 7.10. The van der Waals surface area contributed by atoms with Crippen molar-refractivity contribution >= 4 is 16.8 Å². The number of nitrogens with zero attached hydrogens (tertiary/aromatic N) is 1. The summed E-state index contributed by atoms with van der Waals surface area (Å²) in [7, 11) is 0. The fraction of sp³-hybridized carbons (Fsp3) is 0.240. The van der Waals surface area contributed by atoms with Crippen molar-refractivity contribution in [3.63, 3.8) is 0 Å². The molecule has 0 bridgehead atoms. The van der Waals surface area contributed by atoms with E-state index in [4.69, 9.17) is 4.74 Å². The first-order chi connectivity index (χ1) is 14.1. The molecule has 0 saturated heterocycles. The van der Waals surface area contributed by atoms with Gasteiger partial charge in [0, 0.05) is 17.1 Å². The maximum absolute atomic E-state index is 14.2. The molecule has 29 heavy (non-hydrogen) atoms. The SMILES string of the molecule is C=CCOc1ccc(-c2cc3ccc(C=CCCCC(C)O)cc3cn2)cc1F. The standard InChI is InChI=1S/C25H26FNO2/c1-3-13-29-25-12-11-21(15-23(25)26)24-16-20-10-9-19(14-22(20)17-27-24)8-6-4-5-7-18(2)28/h3,6,8-12,14-18,28H,1,4-5,7,13H2,2H3. The summed E-state index contributed by atoms with van der Waals surface area (Å²) >= 11 is 0. The van der Waals surface area contributed by atoms with Gasteiger partial charge in [-0.2, -0.15) is 0 Å². The highest BCUT2D eigenvalue weighted by atomic mass is 19.1. The van der Waals surface area contributed by atoms with E-state index in [9.17, 15) is 9.50 Å². The Labute approximate surface area is 171 Å². The van der Waals surface area contributed by atoms with Crippen molar-refractivity contribution in [3.05, 3.63) is 78.8 Å². The number of hydrogen-bond donors (Lipinski definition) is 1. The van der Waals surface area contributed by atoms with Crippen molar-refractivity contribution in [1.82, 2.24) is 4.98 Å². The van der Waals surface area contributed by atoms with Crippen molar-refractivity contribution < 1.29 is 14.2 Å². The zero-order chi connectivity index (χ0) is 20.6. The Hall–Kier alpha value is -2.98. The number of aliphatic hydroxyl groups excluding tert-OH is 1. The number of allylic oxidation sites excluding steroid dienone is 1. The van der Waals surface area contributed by atoms with E-state index in [1.165, 1.54) is 6.07 Å². The maximum atomic E-state index is 14.2. The number of unbranched alkanes of at least 4 members (excludes halogenated alkanes) is 1. The van der Waals surface area contributed by atoms with E-state index in [0.29, 0.717) is 11.3 Å². The summed E-state index contributed by atoms with van der Waals surface area (Å²) in [5.41, 5.74) is 2.53. The Morgan fingerprint density at radius 2 is 2.03 bits per heavy atom. The van der Waals surface area contributed by atoms with Crippen LogP contribution in [0.25, 0.3) is 28.1 Å². The van der Waals surface area contributed by atoms with Crippen LogP contribution in [0.3, 0.4) is 0 Å². The van der Waals surface area contributed by atoms with Crippen LogP contribution in [0, 0.1) is 5.82 Å². The summed E-state index contributed by atoms with van der Waals surface area (Å²) in [4.78, 5) is 4.50. The largest absolute Gasteiger partial charge is 0.486 e. The van der Waals surface area contributed by atoms with E-state index >= 15 is 0 Å². The lowest BCUT2D eigenvalue weighted by molar-refractivity contribution is 0.182. The molecule has 150 valence electrons. The monoisotopic (exact) mass is 391 g/mol. The molecule has 0 saturated carbocycles. The summed E-state index contributed by atoms with van der Waals surface area (Å²) in [5, 5.41) is 11.4. The van der Waals surface area contributed by atoms with E-state index in [2.05, 4.69) is 35.8 Å². The van der Waals surface area contributed by atoms with Gasteiger partial charge in [0.05, 0.1) is 11.8 Å². The van der Waals surface area contributed by atoms with Crippen molar-refractivity contribution in [2.24, 2.45) is 0 Å². The lowest BCUT2D eigenvalue weighted by Crippen LogP contribution is -1.97. The van der Waals surface area contributed by atoms with Gasteiger partial charge < -0.3 is 9.84 Å². The smallest absolute Gasteiger partial charge is 0.165 e. The maximum Gasteiger partial charge on any atom is 0.165 e. The predicted molar refractivity (Wildman–Crippen MR) is 117 cm³/mol. The quantitative estimate of drug-likeness (QED) is 0.350. The number of hydrogen-bond acceptors (Lipinski definition) is 3. The topological polar surface area (TPSA) is 42.4 Å². The van der Waals surface area contributed by atoms with Gasteiger partial charge in [-0.05, 0) is 67.5 Å².